The number of hydrogen-bond donors (Lipinski definition) is 2. The highest BCUT2D eigenvalue weighted by molar-refractivity contribution is 5.95. The molecule has 0 radical (unpaired) electrons. The summed E-state index contributed by atoms with van der Waals surface area (Å²) >= 11 is 0. The van der Waals surface area contributed by atoms with E-state index in [9.17, 15) is 23.1 Å². The fourth-order valence-corrected chi connectivity index (χ4v) is 2.37. The number of hydrogen-bond acceptors (Lipinski definition) is 3. The normalized spacial score (nSPS) is 17.3. The monoisotopic (exact) mass is 289 g/mol. The number of aromatic carboxylic acids is 1. The van der Waals surface area contributed by atoms with Gasteiger partial charge in [-0.25, -0.2) is 4.79 Å². The number of aliphatic hydroxyl groups is 1. The molecule has 4 nitrogen and oxygen atoms in total. The molecule has 1 fully saturated rings. The summed E-state index contributed by atoms with van der Waals surface area (Å²) in [4.78, 5) is 12.6. The van der Waals surface area contributed by atoms with E-state index in [0.717, 1.165) is 18.2 Å². The van der Waals surface area contributed by atoms with Crippen LogP contribution in [0, 0.1) is 0 Å². The van der Waals surface area contributed by atoms with Crippen molar-refractivity contribution < 1.29 is 28.2 Å². The zero-order valence-corrected chi connectivity index (χ0v) is 10.5. The molecule has 1 aromatic carbocycles. The number of piperidine rings is 1. The molecular formula is C13H14F3NO3. The number of carboxylic acids is 1. The molecule has 1 aliphatic heterocycles. The third-order valence-corrected chi connectivity index (χ3v) is 3.35. The van der Waals surface area contributed by atoms with Gasteiger partial charge in [-0.1, -0.05) is 6.07 Å². The van der Waals surface area contributed by atoms with E-state index in [2.05, 4.69) is 0 Å². The maximum absolute atomic E-state index is 13.1. The number of aliphatic hydroxyl groups excluding tert-OH is 1. The highest BCUT2D eigenvalue weighted by atomic mass is 19.4. The lowest BCUT2D eigenvalue weighted by Gasteiger charge is -2.34. The second-order valence-corrected chi connectivity index (χ2v) is 4.72. The van der Waals surface area contributed by atoms with Crippen molar-refractivity contribution in [2.24, 2.45) is 0 Å². The van der Waals surface area contributed by atoms with Gasteiger partial charge in [0.05, 0.1) is 22.9 Å². The van der Waals surface area contributed by atoms with Crippen molar-refractivity contribution in [3.63, 3.8) is 0 Å². The van der Waals surface area contributed by atoms with Gasteiger partial charge in [0.15, 0.2) is 0 Å². The van der Waals surface area contributed by atoms with Gasteiger partial charge in [0.1, 0.15) is 0 Å². The minimum absolute atomic E-state index is 0.203. The Kier molecular flexibility index (Phi) is 3.89. The molecule has 0 aliphatic carbocycles. The fraction of sp³-hybridized carbons (Fsp3) is 0.462. The standard InChI is InChI=1S/C13H14F3NO3/c14-13(15,16)10-3-1-2-9(12(19)20)11(10)17-6-4-8(18)5-7-17/h1-3,8,18H,4-7H2,(H,19,20). The zero-order valence-electron chi connectivity index (χ0n) is 10.5. The minimum atomic E-state index is -4.61. The Labute approximate surface area is 113 Å². The molecule has 0 spiro atoms. The SMILES string of the molecule is O=C(O)c1cccc(C(F)(F)F)c1N1CCC(O)CC1. The minimum Gasteiger partial charge on any atom is -0.478 e. The summed E-state index contributed by atoms with van der Waals surface area (Å²) in [5, 5.41) is 18.5. The van der Waals surface area contributed by atoms with Crippen molar-refractivity contribution in [1.29, 1.82) is 0 Å². The number of carbonyl (C=O) groups is 1. The summed E-state index contributed by atoms with van der Waals surface area (Å²) in [6.07, 6.45) is -4.51. The first-order chi connectivity index (χ1) is 9.30. The Hall–Kier alpha value is -1.76. The molecule has 1 heterocycles. The summed E-state index contributed by atoms with van der Waals surface area (Å²) in [6, 6.07) is 3.14. The van der Waals surface area contributed by atoms with Crippen LogP contribution in [-0.2, 0) is 6.18 Å². The summed E-state index contributed by atoms with van der Waals surface area (Å²) in [7, 11) is 0. The Morgan fingerprint density at radius 3 is 2.35 bits per heavy atom. The first-order valence-electron chi connectivity index (χ1n) is 6.17. The number of anilines is 1. The zero-order chi connectivity index (χ0) is 14.9. The number of halogens is 3. The number of benzene rings is 1. The van der Waals surface area contributed by atoms with Crippen molar-refractivity contribution in [3.8, 4) is 0 Å². The maximum atomic E-state index is 13.1. The lowest BCUT2D eigenvalue weighted by Crippen LogP contribution is -2.38. The number of carboxylic acid groups (broad SMARTS) is 1. The average Bonchev–Trinajstić information content (AvgIpc) is 2.37. The van der Waals surface area contributed by atoms with Gasteiger partial charge in [0, 0.05) is 13.1 Å². The van der Waals surface area contributed by atoms with E-state index in [1.807, 2.05) is 0 Å². The lowest BCUT2D eigenvalue weighted by molar-refractivity contribution is -0.137. The fourth-order valence-electron chi connectivity index (χ4n) is 2.37. The molecule has 0 aromatic heterocycles. The topological polar surface area (TPSA) is 60.8 Å². The van der Waals surface area contributed by atoms with E-state index >= 15 is 0 Å². The van der Waals surface area contributed by atoms with Gasteiger partial charge in [-0.3, -0.25) is 0 Å². The van der Waals surface area contributed by atoms with Crippen LogP contribution in [0.2, 0.25) is 0 Å². The quantitative estimate of drug-likeness (QED) is 0.877. The predicted molar refractivity (Wildman–Crippen MR) is 65.9 cm³/mol. The summed E-state index contributed by atoms with van der Waals surface area (Å²) < 4.78 is 39.2. The molecule has 1 aromatic rings. The highest BCUT2D eigenvalue weighted by Crippen LogP contribution is 2.39. The number of para-hydroxylation sites is 1. The second kappa shape index (κ2) is 5.32. The van der Waals surface area contributed by atoms with Crippen LogP contribution in [0.1, 0.15) is 28.8 Å². The second-order valence-electron chi connectivity index (χ2n) is 4.72. The predicted octanol–water partition coefficient (Wildman–Crippen LogP) is 2.36. The Bertz CT molecular complexity index is 508. The summed E-state index contributed by atoms with van der Waals surface area (Å²) in [5.74, 6) is -1.39. The molecule has 1 aliphatic rings. The first kappa shape index (κ1) is 14.6. The molecule has 0 atom stereocenters. The van der Waals surface area contributed by atoms with E-state index in [-0.39, 0.29) is 24.3 Å². The van der Waals surface area contributed by atoms with E-state index in [0.29, 0.717) is 12.8 Å². The van der Waals surface area contributed by atoms with Crippen LogP contribution in [0.3, 0.4) is 0 Å². The molecule has 0 unspecified atom stereocenters. The van der Waals surface area contributed by atoms with Crippen molar-refractivity contribution >= 4 is 11.7 Å². The van der Waals surface area contributed by atoms with Crippen molar-refractivity contribution in [3.05, 3.63) is 29.3 Å². The van der Waals surface area contributed by atoms with Gasteiger partial charge in [-0.05, 0) is 25.0 Å². The van der Waals surface area contributed by atoms with E-state index in [1.165, 1.54) is 4.90 Å². The number of rotatable bonds is 2. The largest absolute Gasteiger partial charge is 0.478 e. The molecule has 110 valence electrons. The van der Waals surface area contributed by atoms with Crippen molar-refractivity contribution in [1.82, 2.24) is 0 Å². The third kappa shape index (κ3) is 2.87. The third-order valence-electron chi connectivity index (χ3n) is 3.35. The average molecular weight is 289 g/mol. The molecule has 0 saturated carbocycles. The van der Waals surface area contributed by atoms with Crippen LogP contribution in [0.4, 0.5) is 18.9 Å². The van der Waals surface area contributed by atoms with Crippen LogP contribution in [-0.4, -0.2) is 35.4 Å². The van der Waals surface area contributed by atoms with Gasteiger partial charge < -0.3 is 15.1 Å². The lowest BCUT2D eigenvalue weighted by atomic mass is 10.0. The molecule has 2 N–H and O–H groups in total. The highest BCUT2D eigenvalue weighted by Gasteiger charge is 2.37. The van der Waals surface area contributed by atoms with E-state index in [4.69, 9.17) is 5.11 Å². The van der Waals surface area contributed by atoms with Gasteiger partial charge in [0.2, 0.25) is 0 Å². The van der Waals surface area contributed by atoms with Crippen molar-refractivity contribution in [2.75, 3.05) is 18.0 Å². The van der Waals surface area contributed by atoms with E-state index in [1.54, 1.807) is 0 Å². The summed E-state index contributed by atoms with van der Waals surface area (Å²) in [6.45, 7) is 0.406. The molecule has 0 bridgehead atoms. The molecule has 7 heteroatoms. The molecule has 1 saturated heterocycles. The van der Waals surface area contributed by atoms with Crippen molar-refractivity contribution in [2.45, 2.75) is 25.1 Å². The Morgan fingerprint density at radius 1 is 1.25 bits per heavy atom. The molecule has 2 rings (SSSR count). The van der Waals surface area contributed by atoms with Gasteiger partial charge >= 0.3 is 12.1 Å². The molecule has 0 amide bonds. The van der Waals surface area contributed by atoms with Crippen LogP contribution in [0.15, 0.2) is 18.2 Å². The summed E-state index contributed by atoms with van der Waals surface area (Å²) in [5.41, 5.74) is -1.62. The maximum Gasteiger partial charge on any atom is 0.418 e. The first-order valence-corrected chi connectivity index (χ1v) is 6.17. The van der Waals surface area contributed by atoms with Crippen LogP contribution < -0.4 is 4.90 Å². The Morgan fingerprint density at radius 2 is 1.85 bits per heavy atom. The smallest absolute Gasteiger partial charge is 0.418 e. The van der Waals surface area contributed by atoms with Crippen LogP contribution >= 0.6 is 0 Å². The molecular weight excluding hydrogens is 275 g/mol. The van der Waals surface area contributed by atoms with E-state index < -0.39 is 23.8 Å². The van der Waals surface area contributed by atoms with Gasteiger partial charge in [-0.2, -0.15) is 13.2 Å². The van der Waals surface area contributed by atoms with Gasteiger partial charge in [0.25, 0.3) is 0 Å². The number of nitrogens with zero attached hydrogens (tertiary/aromatic N) is 1. The van der Waals surface area contributed by atoms with Gasteiger partial charge in [-0.15, -0.1) is 0 Å². The number of alkyl halides is 3. The van der Waals surface area contributed by atoms with Crippen LogP contribution in [0.25, 0.3) is 0 Å². The molecule has 20 heavy (non-hydrogen) atoms. The van der Waals surface area contributed by atoms with Crippen LogP contribution in [0.5, 0.6) is 0 Å². The Balaban J connectivity index is 2.50.